The SMILES string of the molecule is Cc1cc(N)c2nc(-c3ccc(N)cc3)sc2c1. The van der Waals surface area contributed by atoms with Crippen molar-refractivity contribution in [3.63, 3.8) is 0 Å². The topological polar surface area (TPSA) is 64.9 Å². The van der Waals surface area contributed by atoms with Crippen LogP contribution in [0.25, 0.3) is 20.8 Å². The summed E-state index contributed by atoms with van der Waals surface area (Å²) < 4.78 is 1.12. The number of benzene rings is 2. The summed E-state index contributed by atoms with van der Waals surface area (Å²) >= 11 is 1.65. The molecule has 4 N–H and O–H groups in total. The summed E-state index contributed by atoms with van der Waals surface area (Å²) in [6.07, 6.45) is 0. The number of rotatable bonds is 1. The maximum absolute atomic E-state index is 6.00. The number of nitrogens with zero attached hydrogens (tertiary/aromatic N) is 1. The number of fused-ring (bicyclic) bond motifs is 1. The van der Waals surface area contributed by atoms with Crippen molar-refractivity contribution in [1.82, 2.24) is 4.98 Å². The van der Waals surface area contributed by atoms with Gasteiger partial charge in [-0.05, 0) is 48.9 Å². The zero-order chi connectivity index (χ0) is 12.7. The van der Waals surface area contributed by atoms with Gasteiger partial charge in [0, 0.05) is 11.3 Å². The summed E-state index contributed by atoms with van der Waals surface area (Å²) in [6, 6.07) is 11.8. The van der Waals surface area contributed by atoms with Gasteiger partial charge in [0.2, 0.25) is 0 Å². The molecule has 0 aliphatic carbocycles. The van der Waals surface area contributed by atoms with Crippen molar-refractivity contribution in [2.24, 2.45) is 0 Å². The zero-order valence-corrected chi connectivity index (χ0v) is 10.8. The maximum Gasteiger partial charge on any atom is 0.124 e. The van der Waals surface area contributed by atoms with Gasteiger partial charge >= 0.3 is 0 Å². The molecule has 0 spiro atoms. The Kier molecular flexibility index (Phi) is 2.45. The van der Waals surface area contributed by atoms with Gasteiger partial charge in [-0.1, -0.05) is 0 Å². The van der Waals surface area contributed by atoms with E-state index in [0.29, 0.717) is 0 Å². The molecule has 1 heterocycles. The number of thiazole rings is 1. The molecule has 0 aliphatic heterocycles. The van der Waals surface area contributed by atoms with Crippen LogP contribution in [0.4, 0.5) is 11.4 Å². The minimum atomic E-state index is 0.739. The van der Waals surface area contributed by atoms with Crippen molar-refractivity contribution in [3.05, 3.63) is 42.0 Å². The van der Waals surface area contributed by atoms with Crippen LogP contribution in [0, 0.1) is 6.92 Å². The van der Waals surface area contributed by atoms with Gasteiger partial charge < -0.3 is 11.5 Å². The van der Waals surface area contributed by atoms with Gasteiger partial charge in [-0.3, -0.25) is 0 Å². The quantitative estimate of drug-likeness (QED) is 0.655. The van der Waals surface area contributed by atoms with Crippen molar-refractivity contribution in [1.29, 1.82) is 0 Å². The maximum atomic E-state index is 6.00. The minimum absolute atomic E-state index is 0.739. The van der Waals surface area contributed by atoms with E-state index in [0.717, 1.165) is 37.7 Å². The smallest absolute Gasteiger partial charge is 0.124 e. The van der Waals surface area contributed by atoms with Gasteiger partial charge in [-0.2, -0.15) is 0 Å². The van der Waals surface area contributed by atoms with E-state index in [-0.39, 0.29) is 0 Å². The molecule has 3 aromatic rings. The molecule has 0 fully saturated rings. The fraction of sp³-hybridized carbons (Fsp3) is 0.0714. The van der Waals surface area contributed by atoms with Gasteiger partial charge in [0.05, 0.1) is 10.4 Å². The molecule has 0 atom stereocenters. The Balaban J connectivity index is 2.19. The lowest BCUT2D eigenvalue weighted by Crippen LogP contribution is -1.87. The molecule has 0 amide bonds. The molecule has 3 rings (SSSR count). The molecule has 4 heteroatoms. The predicted octanol–water partition coefficient (Wildman–Crippen LogP) is 3.44. The molecular weight excluding hydrogens is 242 g/mol. The summed E-state index contributed by atoms with van der Waals surface area (Å²) in [5, 5.41) is 0.974. The lowest BCUT2D eigenvalue weighted by molar-refractivity contribution is 1.45. The van der Waals surface area contributed by atoms with E-state index in [9.17, 15) is 0 Å². The molecule has 18 heavy (non-hydrogen) atoms. The highest BCUT2D eigenvalue weighted by Crippen LogP contribution is 2.33. The summed E-state index contributed by atoms with van der Waals surface area (Å²) in [5.41, 5.74) is 16.3. The van der Waals surface area contributed by atoms with Crippen LogP contribution in [0.1, 0.15) is 5.56 Å². The lowest BCUT2D eigenvalue weighted by atomic mass is 10.2. The van der Waals surface area contributed by atoms with Crippen LogP contribution in [0.2, 0.25) is 0 Å². The largest absolute Gasteiger partial charge is 0.399 e. The van der Waals surface area contributed by atoms with E-state index in [2.05, 4.69) is 11.1 Å². The van der Waals surface area contributed by atoms with Gasteiger partial charge in [0.25, 0.3) is 0 Å². The Hall–Kier alpha value is -2.07. The number of hydrogen-bond acceptors (Lipinski definition) is 4. The van der Waals surface area contributed by atoms with E-state index in [1.807, 2.05) is 37.3 Å². The standard InChI is InChI=1S/C14H13N3S/c1-8-6-11(16)13-12(7-8)18-14(17-13)9-2-4-10(15)5-3-9/h2-7H,15-16H2,1H3. The van der Waals surface area contributed by atoms with Gasteiger partial charge in [0.1, 0.15) is 10.5 Å². The summed E-state index contributed by atoms with van der Waals surface area (Å²) in [7, 11) is 0. The van der Waals surface area contributed by atoms with Crippen LogP contribution in [0.5, 0.6) is 0 Å². The van der Waals surface area contributed by atoms with Crippen LogP contribution in [0.3, 0.4) is 0 Å². The number of nitrogens with two attached hydrogens (primary N) is 2. The molecule has 0 saturated carbocycles. The minimum Gasteiger partial charge on any atom is -0.399 e. The zero-order valence-electron chi connectivity index (χ0n) is 9.97. The first kappa shape index (κ1) is 11.0. The van der Waals surface area contributed by atoms with Gasteiger partial charge in [-0.15, -0.1) is 11.3 Å². The number of nitrogen functional groups attached to an aromatic ring is 2. The Morgan fingerprint density at radius 3 is 2.50 bits per heavy atom. The molecule has 3 nitrogen and oxygen atoms in total. The molecule has 0 unspecified atom stereocenters. The van der Waals surface area contributed by atoms with Crippen molar-refractivity contribution < 1.29 is 0 Å². The van der Waals surface area contributed by atoms with E-state index in [1.165, 1.54) is 0 Å². The molecule has 1 aromatic heterocycles. The Labute approximate surface area is 109 Å². The van der Waals surface area contributed by atoms with E-state index < -0.39 is 0 Å². The average Bonchev–Trinajstić information content (AvgIpc) is 2.74. The lowest BCUT2D eigenvalue weighted by Gasteiger charge is -1.96. The second-order valence-electron chi connectivity index (χ2n) is 4.34. The first-order valence-corrected chi connectivity index (χ1v) is 6.48. The normalized spacial score (nSPS) is 10.9. The third-order valence-electron chi connectivity index (χ3n) is 2.83. The summed E-state index contributed by atoms with van der Waals surface area (Å²) in [5.74, 6) is 0. The number of aryl methyl sites for hydroxylation is 1. The molecule has 2 aromatic carbocycles. The Morgan fingerprint density at radius 2 is 1.78 bits per heavy atom. The fourth-order valence-electron chi connectivity index (χ4n) is 1.95. The summed E-state index contributed by atoms with van der Waals surface area (Å²) in [6.45, 7) is 2.04. The first-order chi connectivity index (χ1) is 8.63. The molecular formula is C14H13N3S. The van der Waals surface area contributed by atoms with Gasteiger partial charge in [0.15, 0.2) is 0 Å². The fourth-order valence-corrected chi connectivity index (χ4v) is 3.05. The highest BCUT2D eigenvalue weighted by atomic mass is 32.1. The second kappa shape index (κ2) is 3.99. The Morgan fingerprint density at radius 1 is 1.06 bits per heavy atom. The Bertz CT molecular complexity index is 714. The van der Waals surface area contributed by atoms with E-state index in [4.69, 9.17) is 11.5 Å². The highest BCUT2D eigenvalue weighted by Gasteiger charge is 2.09. The van der Waals surface area contributed by atoms with E-state index >= 15 is 0 Å². The number of hydrogen-bond donors (Lipinski definition) is 2. The van der Waals surface area contributed by atoms with E-state index in [1.54, 1.807) is 11.3 Å². The summed E-state index contributed by atoms with van der Waals surface area (Å²) in [4.78, 5) is 4.61. The third-order valence-corrected chi connectivity index (χ3v) is 3.88. The molecule has 90 valence electrons. The third kappa shape index (κ3) is 1.80. The average molecular weight is 255 g/mol. The van der Waals surface area contributed by atoms with Crippen molar-refractivity contribution in [3.8, 4) is 10.6 Å². The van der Waals surface area contributed by atoms with Crippen molar-refractivity contribution in [2.75, 3.05) is 11.5 Å². The van der Waals surface area contributed by atoms with Gasteiger partial charge in [-0.25, -0.2) is 4.98 Å². The number of anilines is 2. The predicted molar refractivity (Wildman–Crippen MR) is 78.6 cm³/mol. The van der Waals surface area contributed by atoms with Crippen molar-refractivity contribution >= 4 is 32.9 Å². The molecule has 0 saturated heterocycles. The first-order valence-electron chi connectivity index (χ1n) is 5.66. The molecule has 0 bridgehead atoms. The van der Waals surface area contributed by atoms with Crippen LogP contribution in [0.15, 0.2) is 36.4 Å². The second-order valence-corrected chi connectivity index (χ2v) is 5.37. The van der Waals surface area contributed by atoms with Crippen molar-refractivity contribution in [2.45, 2.75) is 6.92 Å². The molecule has 0 radical (unpaired) electrons. The monoisotopic (exact) mass is 255 g/mol. The van der Waals surface area contributed by atoms with Crippen LogP contribution < -0.4 is 11.5 Å². The van der Waals surface area contributed by atoms with Crippen LogP contribution >= 0.6 is 11.3 Å². The van der Waals surface area contributed by atoms with Crippen LogP contribution in [-0.2, 0) is 0 Å². The molecule has 0 aliphatic rings. The highest BCUT2D eigenvalue weighted by molar-refractivity contribution is 7.21. The number of aromatic nitrogens is 1. The van der Waals surface area contributed by atoms with Crippen LogP contribution in [-0.4, -0.2) is 4.98 Å².